The maximum absolute atomic E-state index is 5.63. The largest absolute Gasteiger partial charge is 0.490 e. The Kier molecular flexibility index (Phi) is 3.26. The average Bonchev–Trinajstić information content (AvgIpc) is 2.57. The second-order valence-electron chi connectivity index (χ2n) is 4.41. The smallest absolute Gasteiger partial charge is 0.157 e. The first-order chi connectivity index (χ1) is 7.25. The van der Waals surface area contributed by atoms with E-state index < -0.39 is 0 Å². The van der Waals surface area contributed by atoms with Crippen molar-refractivity contribution in [1.82, 2.24) is 15.1 Å². The molecule has 0 spiro atoms. The SMILES string of the molecule is CC(C)n1cc(OCCC2CNC2)cn1. The highest BCUT2D eigenvalue weighted by Crippen LogP contribution is 2.14. The zero-order valence-corrected chi connectivity index (χ0v) is 9.44. The monoisotopic (exact) mass is 209 g/mol. The molecule has 84 valence electrons. The maximum atomic E-state index is 5.63. The van der Waals surface area contributed by atoms with Crippen LogP contribution in [0.3, 0.4) is 0 Å². The Morgan fingerprint density at radius 1 is 1.60 bits per heavy atom. The predicted molar refractivity (Wildman–Crippen MR) is 59.1 cm³/mol. The van der Waals surface area contributed by atoms with E-state index in [1.165, 1.54) is 0 Å². The second kappa shape index (κ2) is 4.66. The Bertz CT molecular complexity index is 305. The molecule has 4 heteroatoms. The van der Waals surface area contributed by atoms with E-state index in [-0.39, 0.29) is 0 Å². The molecule has 2 heterocycles. The number of hydrogen-bond donors (Lipinski definition) is 1. The molecule has 0 aliphatic carbocycles. The van der Waals surface area contributed by atoms with Gasteiger partial charge in [-0.3, -0.25) is 4.68 Å². The van der Waals surface area contributed by atoms with E-state index >= 15 is 0 Å². The van der Waals surface area contributed by atoms with Gasteiger partial charge in [-0.2, -0.15) is 5.10 Å². The minimum absolute atomic E-state index is 0.401. The molecule has 0 saturated carbocycles. The van der Waals surface area contributed by atoms with Gasteiger partial charge in [0, 0.05) is 6.04 Å². The van der Waals surface area contributed by atoms with E-state index in [0.717, 1.165) is 37.8 Å². The minimum Gasteiger partial charge on any atom is -0.490 e. The van der Waals surface area contributed by atoms with Crippen LogP contribution in [0.5, 0.6) is 5.75 Å². The molecule has 0 unspecified atom stereocenters. The summed E-state index contributed by atoms with van der Waals surface area (Å²) in [6, 6.07) is 0.401. The molecule has 0 aromatic carbocycles. The number of nitrogens with one attached hydrogen (secondary N) is 1. The Labute approximate surface area is 90.6 Å². The van der Waals surface area contributed by atoms with E-state index in [4.69, 9.17) is 4.74 Å². The fraction of sp³-hybridized carbons (Fsp3) is 0.727. The minimum atomic E-state index is 0.401. The van der Waals surface area contributed by atoms with Gasteiger partial charge in [0.15, 0.2) is 5.75 Å². The Morgan fingerprint density at radius 2 is 2.40 bits per heavy atom. The molecular weight excluding hydrogens is 190 g/mol. The van der Waals surface area contributed by atoms with Gasteiger partial charge in [0.05, 0.1) is 19.0 Å². The Morgan fingerprint density at radius 3 is 2.93 bits per heavy atom. The van der Waals surface area contributed by atoms with Gasteiger partial charge in [0.2, 0.25) is 0 Å². The number of aromatic nitrogens is 2. The van der Waals surface area contributed by atoms with Gasteiger partial charge in [0.25, 0.3) is 0 Å². The van der Waals surface area contributed by atoms with Crippen LogP contribution in [0.25, 0.3) is 0 Å². The number of rotatable bonds is 5. The summed E-state index contributed by atoms with van der Waals surface area (Å²) in [6.07, 6.45) is 4.89. The van der Waals surface area contributed by atoms with Gasteiger partial charge in [-0.15, -0.1) is 0 Å². The van der Waals surface area contributed by atoms with E-state index in [9.17, 15) is 0 Å². The third kappa shape index (κ3) is 2.72. The van der Waals surface area contributed by atoms with Crippen LogP contribution in [0.15, 0.2) is 12.4 Å². The molecule has 1 aliphatic rings. The predicted octanol–water partition coefficient (Wildman–Crippen LogP) is 1.45. The summed E-state index contributed by atoms with van der Waals surface area (Å²) in [5, 5.41) is 7.48. The van der Waals surface area contributed by atoms with Gasteiger partial charge < -0.3 is 10.1 Å². The van der Waals surface area contributed by atoms with Crippen LogP contribution < -0.4 is 10.1 Å². The fourth-order valence-corrected chi connectivity index (χ4v) is 1.57. The van der Waals surface area contributed by atoms with E-state index in [1.54, 1.807) is 6.20 Å². The summed E-state index contributed by atoms with van der Waals surface area (Å²) in [7, 11) is 0. The van der Waals surface area contributed by atoms with Crippen molar-refractivity contribution < 1.29 is 4.74 Å². The number of nitrogens with zero attached hydrogens (tertiary/aromatic N) is 2. The Balaban J connectivity index is 1.72. The molecule has 1 aromatic heterocycles. The lowest BCUT2D eigenvalue weighted by Crippen LogP contribution is -2.42. The van der Waals surface area contributed by atoms with Crippen molar-refractivity contribution >= 4 is 0 Å². The molecule has 0 amide bonds. The van der Waals surface area contributed by atoms with Crippen LogP contribution >= 0.6 is 0 Å². The zero-order valence-electron chi connectivity index (χ0n) is 9.44. The lowest BCUT2D eigenvalue weighted by molar-refractivity contribution is 0.238. The fourth-order valence-electron chi connectivity index (χ4n) is 1.57. The van der Waals surface area contributed by atoms with E-state index in [0.29, 0.717) is 6.04 Å². The van der Waals surface area contributed by atoms with Crippen LogP contribution in [0.1, 0.15) is 26.3 Å². The van der Waals surface area contributed by atoms with E-state index in [2.05, 4.69) is 24.3 Å². The zero-order chi connectivity index (χ0) is 10.7. The first-order valence-electron chi connectivity index (χ1n) is 5.63. The van der Waals surface area contributed by atoms with Crippen molar-refractivity contribution in [2.24, 2.45) is 5.92 Å². The van der Waals surface area contributed by atoms with Crippen molar-refractivity contribution in [1.29, 1.82) is 0 Å². The Hall–Kier alpha value is -1.03. The molecule has 15 heavy (non-hydrogen) atoms. The molecular formula is C11H19N3O. The van der Waals surface area contributed by atoms with Crippen LogP contribution in [-0.4, -0.2) is 29.5 Å². The van der Waals surface area contributed by atoms with Gasteiger partial charge in [-0.25, -0.2) is 0 Å². The molecule has 4 nitrogen and oxygen atoms in total. The molecule has 0 atom stereocenters. The number of ether oxygens (including phenoxy) is 1. The highest BCUT2D eigenvalue weighted by atomic mass is 16.5. The molecule has 2 rings (SSSR count). The van der Waals surface area contributed by atoms with Crippen LogP contribution in [0, 0.1) is 5.92 Å². The molecule has 1 aromatic rings. The van der Waals surface area contributed by atoms with Gasteiger partial charge >= 0.3 is 0 Å². The van der Waals surface area contributed by atoms with E-state index in [1.807, 2.05) is 10.9 Å². The number of hydrogen-bond acceptors (Lipinski definition) is 3. The van der Waals surface area contributed by atoms with Crippen molar-refractivity contribution in [3.63, 3.8) is 0 Å². The molecule has 1 saturated heterocycles. The van der Waals surface area contributed by atoms with Gasteiger partial charge in [0.1, 0.15) is 0 Å². The van der Waals surface area contributed by atoms with Crippen molar-refractivity contribution in [3.8, 4) is 5.75 Å². The molecule has 0 radical (unpaired) electrons. The third-order valence-electron chi connectivity index (χ3n) is 2.77. The second-order valence-corrected chi connectivity index (χ2v) is 4.41. The topological polar surface area (TPSA) is 39.1 Å². The first kappa shape index (κ1) is 10.5. The molecule has 1 aliphatic heterocycles. The first-order valence-corrected chi connectivity index (χ1v) is 5.63. The molecule has 0 bridgehead atoms. The van der Waals surface area contributed by atoms with Crippen molar-refractivity contribution in [3.05, 3.63) is 12.4 Å². The summed E-state index contributed by atoms with van der Waals surface area (Å²) in [4.78, 5) is 0. The standard InChI is InChI=1S/C11H19N3O/c1-9(2)14-8-11(7-13-14)15-4-3-10-5-12-6-10/h7-10,12H,3-6H2,1-2H3. The highest BCUT2D eigenvalue weighted by Gasteiger charge is 2.16. The van der Waals surface area contributed by atoms with Gasteiger partial charge in [-0.05, 0) is 39.3 Å². The average molecular weight is 209 g/mol. The van der Waals surface area contributed by atoms with Crippen molar-refractivity contribution in [2.45, 2.75) is 26.3 Å². The lowest BCUT2D eigenvalue weighted by atomic mass is 10.0. The maximum Gasteiger partial charge on any atom is 0.157 e. The summed E-state index contributed by atoms with van der Waals surface area (Å²) >= 11 is 0. The lowest BCUT2D eigenvalue weighted by Gasteiger charge is -2.26. The third-order valence-corrected chi connectivity index (χ3v) is 2.77. The molecule has 1 N–H and O–H groups in total. The summed E-state index contributed by atoms with van der Waals surface area (Å²) in [5.74, 6) is 1.70. The summed E-state index contributed by atoms with van der Waals surface area (Å²) < 4.78 is 7.55. The molecule has 1 fully saturated rings. The highest BCUT2D eigenvalue weighted by molar-refractivity contribution is 5.11. The van der Waals surface area contributed by atoms with Gasteiger partial charge in [-0.1, -0.05) is 0 Å². The van der Waals surface area contributed by atoms with Crippen LogP contribution in [0.4, 0.5) is 0 Å². The van der Waals surface area contributed by atoms with Crippen LogP contribution in [-0.2, 0) is 0 Å². The normalized spacial score (nSPS) is 16.7. The summed E-state index contributed by atoms with van der Waals surface area (Å²) in [6.45, 7) is 7.31. The summed E-state index contributed by atoms with van der Waals surface area (Å²) in [5.41, 5.74) is 0. The quantitative estimate of drug-likeness (QED) is 0.797. The van der Waals surface area contributed by atoms with Crippen LogP contribution in [0.2, 0.25) is 0 Å². The van der Waals surface area contributed by atoms with Crippen molar-refractivity contribution in [2.75, 3.05) is 19.7 Å².